The summed E-state index contributed by atoms with van der Waals surface area (Å²) < 4.78 is 0. The molecule has 0 aromatic rings. The average Bonchev–Trinajstić information content (AvgIpc) is 2.21. The van der Waals surface area contributed by atoms with Gasteiger partial charge in [-0.15, -0.1) is 0 Å². The third-order valence-electron chi connectivity index (χ3n) is 4.60. The summed E-state index contributed by atoms with van der Waals surface area (Å²) in [5.41, 5.74) is 0. The van der Waals surface area contributed by atoms with Gasteiger partial charge in [-0.2, -0.15) is 0 Å². The van der Waals surface area contributed by atoms with Crippen LogP contribution in [0.3, 0.4) is 0 Å². The quantitative estimate of drug-likeness (QED) is 0.604. The van der Waals surface area contributed by atoms with Crippen LogP contribution < -0.4 is 0 Å². The van der Waals surface area contributed by atoms with Crippen molar-refractivity contribution < 1.29 is 4.79 Å². The van der Waals surface area contributed by atoms with Crippen LogP contribution in [0.5, 0.6) is 0 Å². The topological polar surface area (TPSA) is 17.1 Å². The van der Waals surface area contributed by atoms with Gasteiger partial charge in [-0.05, 0) is 25.7 Å². The van der Waals surface area contributed by atoms with Crippen LogP contribution in [0.2, 0.25) is 24.7 Å². The number of fused-ring (bicyclic) bond motifs is 2. The van der Waals surface area contributed by atoms with Crippen molar-refractivity contribution in [2.45, 2.75) is 63.2 Å². The molecule has 0 heterocycles. The second-order valence-corrected chi connectivity index (χ2v) is 11.6. The van der Waals surface area contributed by atoms with Gasteiger partial charge in [0.25, 0.3) is 0 Å². The third-order valence-corrected chi connectivity index (χ3v) is 8.22. The first-order chi connectivity index (χ1) is 6.47. The lowest BCUT2D eigenvalue weighted by Gasteiger charge is -2.39. The van der Waals surface area contributed by atoms with E-state index in [4.69, 9.17) is 0 Å². The highest BCUT2D eigenvalue weighted by molar-refractivity contribution is 6.82. The van der Waals surface area contributed by atoms with Crippen LogP contribution >= 0.6 is 0 Å². The van der Waals surface area contributed by atoms with Crippen molar-refractivity contribution >= 4 is 13.9 Å². The summed E-state index contributed by atoms with van der Waals surface area (Å²) in [6.07, 6.45) is 7.40. The Morgan fingerprint density at radius 1 is 1.14 bits per heavy atom. The largest absolute Gasteiger partial charge is 0.299 e. The van der Waals surface area contributed by atoms with Crippen molar-refractivity contribution in [2.24, 2.45) is 5.92 Å². The summed E-state index contributed by atoms with van der Waals surface area (Å²) in [4.78, 5) is 12.4. The van der Waals surface area contributed by atoms with Crippen molar-refractivity contribution in [3.63, 3.8) is 0 Å². The van der Waals surface area contributed by atoms with Gasteiger partial charge >= 0.3 is 0 Å². The molecule has 0 spiro atoms. The number of Topliss-reactive ketones (excluding diaryl/α,β-unsaturated/α-hetero) is 1. The van der Waals surface area contributed by atoms with E-state index < -0.39 is 8.07 Å². The lowest BCUT2D eigenvalue weighted by atomic mass is 10.00. The fourth-order valence-corrected chi connectivity index (χ4v) is 6.29. The SMILES string of the molecule is C[Si](C)(C)[C@@]12CCCC[C@@H](CC1)C2=O. The predicted molar refractivity (Wildman–Crippen MR) is 62.2 cm³/mol. The molecule has 2 rings (SSSR count). The van der Waals surface area contributed by atoms with Gasteiger partial charge in [0.05, 0.1) is 8.07 Å². The first-order valence-electron chi connectivity index (χ1n) is 6.02. The summed E-state index contributed by atoms with van der Waals surface area (Å²) in [6, 6.07) is 0. The standard InChI is InChI=1S/C12H22OSi/c1-14(2,3)12-8-5-4-6-10(7-9-12)11(12)13/h10H,4-9H2,1-3H3/t10-,12-/m0/s1. The average molecular weight is 210 g/mol. The van der Waals surface area contributed by atoms with Gasteiger partial charge in [0, 0.05) is 11.0 Å². The molecule has 2 aliphatic rings. The van der Waals surface area contributed by atoms with Crippen LogP contribution in [0.4, 0.5) is 0 Å². The van der Waals surface area contributed by atoms with Gasteiger partial charge in [-0.3, -0.25) is 4.79 Å². The van der Waals surface area contributed by atoms with E-state index in [1.165, 1.54) is 38.5 Å². The van der Waals surface area contributed by atoms with Crippen LogP contribution in [0, 0.1) is 5.92 Å². The minimum Gasteiger partial charge on any atom is -0.299 e. The number of hydrogen-bond donors (Lipinski definition) is 0. The van der Waals surface area contributed by atoms with E-state index in [0.717, 1.165) is 0 Å². The lowest BCUT2D eigenvalue weighted by molar-refractivity contribution is -0.123. The van der Waals surface area contributed by atoms with Crippen LogP contribution in [-0.2, 0) is 4.79 Å². The van der Waals surface area contributed by atoms with E-state index in [1.807, 2.05) is 0 Å². The van der Waals surface area contributed by atoms with Crippen molar-refractivity contribution in [3.8, 4) is 0 Å². The fraction of sp³-hybridized carbons (Fsp3) is 0.917. The molecule has 2 heteroatoms. The molecular weight excluding hydrogens is 188 g/mol. The number of ketones is 1. The van der Waals surface area contributed by atoms with Crippen LogP contribution in [0.25, 0.3) is 0 Å². The van der Waals surface area contributed by atoms with E-state index in [9.17, 15) is 4.79 Å². The molecule has 0 aromatic heterocycles. The summed E-state index contributed by atoms with van der Waals surface area (Å²) >= 11 is 0. The second kappa shape index (κ2) is 3.19. The maximum atomic E-state index is 12.4. The highest BCUT2D eigenvalue weighted by atomic mass is 28.3. The molecular formula is C12H22OSi. The van der Waals surface area contributed by atoms with Gasteiger partial charge in [-0.1, -0.05) is 32.5 Å². The Morgan fingerprint density at radius 2 is 1.86 bits per heavy atom. The number of hydrogen-bond acceptors (Lipinski definition) is 1. The maximum Gasteiger partial charge on any atom is 0.139 e. The Bertz CT molecular complexity index is 254. The molecule has 0 saturated heterocycles. The number of rotatable bonds is 1. The first-order valence-corrected chi connectivity index (χ1v) is 9.52. The van der Waals surface area contributed by atoms with Gasteiger partial charge in [-0.25, -0.2) is 0 Å². The van der Waals surface area contributed by atoms with Gasteiger partial charge in [0.15, 0.2) is 0 Å². The molecule has 0 aliphatic heterocycles. The van der Waals surface area contributed by atoms with Crippen LogP contribution in [0.1, 0.15) is 38.5 Å². The van der Waals surface area contributed by atoms with Crippen molar-refractivity contribution in [3.05, 3.63) is 0 Å². The Morgan fingerprint density at radius 3 is 2.50 bits per heavy atom. The Kier molecular flexibility index (Phi) is 2.37. The Hall–Kier alpha value is -0.113. The summed E-state index contributed by atoms with van der Waals surface area (Å²) in [5, 5.41) is 0.175. The summed E-state index contributed by atoms with van der Waals surface area (Å²) in [7, 11) is -1.31. The highest BCUT2D eigenvalue weighted by Crippen LogP contribution is 2.57. The van der Waals surface area contributed by atoms with E-state index >= 15 is 0 Å². The highest BCUT2D eigenvalue weighted by Gasteiger charge is 2.55. The zero-order valence-corrected chi connectivity index (χ0v) is 10.7. The second-order valence-electron chi connectivity index (χ2n) is 6.18. The molecule has 14 heavy (non-hydrogen) atoms. The first kappa shape index (κ1) is 10.4. The zero-order valence-electron chi connectivity index (χ0n) is 9.73. The minimum atomic E-state index is -1.31. The molecule has 80 valence electrons. The predicted octanol–water partition coefficient (Wildman–Crippen LogP) is 3.62. The minimum absolute atomic E-state index is 0.175. The molecule has 0 amide bonds. The fourth-order valence-electron chi connectivity index (χ4n) is 3.53. The molecule has 1 nitrogen and oxygen atoms in total. The summed E-state index contributed by atoms with van der Waals surface area (Å²) in [5.74, 6) is 1.11. The van der Waals surface area contributed by atoms with Gasteiger partial charge in [0.2, 0.25) is 0 Å². The molecule has 0 N–H and O–H groups in total. The molecule has 2 saturated carbocycles. The molecule has 2 atom stereocenters. The Balaban J connectivity index is 2.36. The van der Waals surface area contributed by atoms with Crippen molar-refractivity contribution in [1.29, 1.82) is 0 Å². The van der Waals surface area contributed by atoms with Crippen LogP contribution in [0.15, 0.2) is 0 Å². The smallest absolute Gasteiger partial charge is 0.139 e. The monoisotopic (exact) mass is 210 g/mol. The van der Waals surface area contributed by atoms with E-state index in [-0.39, 0.29) is 5.04 Å². The molecule has 0 aromatic carbocycles. The van der Waals surface area contributed by atoms with Crippen molar-refractivity contribution in [2.75, 3.05) is 0 Å². The molecule has 2 fully saturated rings. The van der Waals surface area contributed by atoms with E-state index in [2.05, 4.69) is 19.6 Å². The third kappa shape index (κ3) is 1.30. The van der Waals surface area contributed by atoms with Gasteiger partial charge < -0.3 is 0 Å². The maximum absolute atomic E-state index is 12.4. The normalized spacial score (nSPS) is 38.5. The van der Waals surface area contributed by atoms with Gasteiger partial charge in [0.1, 0.15) is 5.78 Å². The van der Waals surface area contributed by atoms with E-state index in [1.54, 1.807) is 0 Å². The Labute approximate surface area is 88.3 Å². The number of carbonyl (C=O) groups excluding carboxylic acids is 1. The molecule has 2 bridgehead atoms. The molecule has 0 radical (unpaired) electrons. The number of carbonyl (C=O) groups is 1. The lowest BCUT2D eigenvalue weighted by Crippen LogP contribution is -2.43. The zero-order chi connectivity index (χ0) is 10.4. The molecule has 0 unspecified atom stereocenters. The van der Waals surface area contributed by atoms with Crippen molar-refractivity contribution in [1.82, 2.24) is 0 Å². The summed E-state index contributed by atoms with van der Waals surface area (Å²) in [6.45, 7) is 7.16. The van der Waals surface area contributed by atoms with Crippen LogP contribution in [-0.4, -0.2) is 13.9 Å². The molecule has 2 aliphatic carbocycles. The van der Waals surface area contributed by atoms with E-state index in [0.29, 0.717) is 11.7 Å².